The van der Waals surface area contributed by atoms with Gasteiger partial charge < -0.3 is 15.4 Å². The van der Waals surface area contributed by atoms with Crippen molar-refractivity contribution in [2.24, 2.45) is 0 Å². The van der Waals surface area contributed by atoms with Crippen LogP contribution < -0.4 is 15.4 Å². The molecule has 3 rings (SSSR count). The fourth-order valence-corrected chi connectivity index (χ4v) is 2.40. The average molecular weight is 317 g/mol. The standard InChI is InChI=1S/C16H13ClN2O3/c1-9-11(17)5-3-6-12(9)19-16(21)10-4-2-7-13-15(10)22-8-14(20)18-13/h2-7H,8H2,1H3,(H,18,20)(H,19,21). The van der Waals surface area contributed by atoms with Crippen LogP contribution in [-0.4, -0.2) is 18.4 Å². The van der Waals surface area contributed by atoms with Crippen LogP contribution in [0.3, 0.4) is 0 Å². The Balaban J connectivity index is 1.92. The highest BCUT2D eigenvalue weighted by atomic mass is 35.5. The van der Waals surface area contributed by atoms with E-state index in [1.807, 2.05) is 6.92 Å². The Hall–Kier alpha value is -2.53. The molecule has 0 radical (unpaired) electrons. The third kappa shape index (κ3) is 2.63. The Morgan fingerprint density at radius 3 is 2.86 bits per heavy atom. The highest BCUT2D eigenvalue weighted by Gasteiger charge is 2.22. The van der Waals surface area contributed by atoms with Crippen LogP contribution in [0, 0.1) is 6.92 Å². The molecule has 1 aliphatic rings. The summed E-state index contributed by atoms with van der Waals surface area (Å²) in [6, 6.07) is 10.3. The minimum Gasteiger partial charge on any atom is -0.481 e. The molecule has 112 valence electrons. The van der Waals surface area contributed by atoms with Crippen LogP contribution in [-0.2, 0) is 4.79 Å². The van der Waals surface area contributed by atoms with E-state index in [2.05, 4.69) is 10.6 Å². The van der Waals surface area contributed by atoms with Crippen LogP contribution in [0.2, 0.25) is 5.02 Å². The van der Waals surface area contributed by atoms with Gasteiger partial charge in [0.2, 0.25) is 0 Å². The van der Waals surface area contributed by atoms with Crippen molar-refractivity contribution < 1.29 is 14.3 Å². The first-order valence-corrected chi connectivity index (χ1v) is 7.06. The summed E-state index contributed by atoms with van der Waals surface area (Å²) in [5.74, 6) is -0.187. The molecular weight excluding hydrogens is 304 g/mol. The Morgan fingerprint density at radius 1 is 1.27 bits per heavy atom. The monoisotopic (exact) mass is 316 g/mol. The molecule has 0 bridgehead atoms. The maximum atomic E-state index is 12.5. The van der Waals surface area contributed by atoms with E-state index in [1.165, 1.54) is 0 Å². The van der Waals surface area contributed by atoms with Gasteiger partial charge in [-0.3, -0.25) is 9.59 Å². The molecule has 0 fully saturated rings. The third-order valence-electron chi connectivity index (χ3n) is 3.40. The molecule has 0 aromatic heterocycles. The summed E-state index contributed by atoms with van der Waals surface area (Å²) in [5, 5.41) is 6.07. The maximum absolute atomic E-state index is 12.5. The molecule has 22 heavy (non-hydrogen) atoms. The summed E-state index contributed by atoms with van der Waals surface area (Å²) in [7, 11) is 0. The van der Waals surface area contributed by atoms with E-state index in [0.717, 1.165) is 5.56 Å². The van der Waals surface area contributed by atoms with Crippen LogP contribution in [0.5, 0.6) is 5.75 Å². The molecule has 0 aliphatic carbocycles. The number of hydrogen-bond acceptors (Lipinski definition) is 3. The van der Waals surface area contributed by atoms with E-state index in [-0.39, 0.29) is 18.4 Å². The zero-order valence-corrected chi connectivity index (χ0v) is 12.5. The van der Waals surface area contributed by atoms with E-state index in [0.29, 0.717) is 27.7 Å². The van der Waals surface area contributed by atoms with E-state index in [4.69, 9.17) is 16.3 Å². The fourth-order valence-electron chi connectivity index (χ4n) is 2.23. The third-order valence-corrected chi connectivity index (χ3v) is 3.81. The number of ether oxygens (including phenoxy) is 1. The number of carbonyl (C=O) groups excluding carboxylic acids is 2. The summed E-state index contributed by atoms with van der Waals surface area (Å²) in [6.07, 6.45) is 0. The molecule has 0 atom stereocenters. The van der Waals surface area contributed by atoms with Crippen LogP contribution in [0.4, 0.5) is 11.4 Å². The molecule has 6 heteroatoms. The zero-order valence-electron chi connectivity index (χ0n) is 11.8. The lowest BCUT2D eigenvalue weighted by atomic mass is 10.1. The van der Waals surface area contributed by atoms with Crippen molar-refractivity contribution in [3.63, 3.8) is 0 Å². The minimum absolute atomic E-state index is 0.104. The van der Waals surface area contributed by atoms with Crippen molar-refractivity contribution in [1.29, 1.82) is 0 Å². The number of fused-ring (bicyclic) bond motifs is 1. The first-order valence-electron chi connectivity index (χ1n) is 6.68. The van der Waals surface area contributed by atoms with Crippen LogP contribution in [0.15, 0.2) is 36.4 Å². The maximum Gasteiger partial charge on any atom is 0.262 e. The topological polar surface area (TPSA) is 67.4 Å². The minimum atomic E-state index is -0.321. The Labute approximate surface area is 132 Å². The van der Waals surface area contributed by atoms with Crippen molar-refractivity contribution in [2.45, 2.75) is 6.92 Å². The predicted octanol–water partition coefficient (Wildman–Crippen LogP) is 3.23. The highest BCUT2D eigenvalue weighted by Crippen LogP contribution is 2.32. The van der Waals surface area contributed by atoms with Gasteiger partial charge in [0.15, 0.2) is 12.4 Å². The molecule has 0 saturated carbocycles. The van der Waals surface area contributed by atoms with Gasteiger partial charge in [0.1, 0.15) is 0 Å². The van der Waals surface area contributed by atoms with Gasteiger partial charge in [0, 0.05) is 10.7 Å². The number of hydrogen-bond donors (Lipinski definition) is 2. The molecule has 2 aromatic rings. The lowest BCUT2D eigenvalue weighted by Gasteiger charge is -2.20. The van der Waals surface area contributed by atoms with Crippen molar-refractivity contribution in [2.75, 3.05) is 17.2 Å². The quantitative estimate of drug-likeness (QED) is 0.894. The Bertz CT molecular complexity index is 774. The van der Waals surface area contributed by atoms with Gasteiger partial charge in [-0.15, -0.1) is 0 Å². The second-order valence-corrected chi connectivity index (χ2v) is 5.29. The SMILES string of the molecule is Cc1c(Cl)cccc1NC(=O)c1cccc2c1OCC(=O)N2. The van der Waals surface area contributed by atoms with Gasteiger partial charge in [-0.25, -0.2) is 0 Å². The van der Waals surface area contributed by atoms with Gasteiger partial charge in [-0.05, 0) is 36.8 Å². The Morgan fingerprint density at radius 2 is 2.05 bits per heavy atom. The smallest absolute Gasteiger partial charge is 0.262 e. The molecule has 0 spiro atoms. The molecule has 0 saturated heterocycles. The van der Waals surface area contributed by atoms with Crippen molar-refractivity contribution in [1.82, 2.24) is 0 Å². The van der Waals surface area contributed by atoms with Gasteiger partial charge in [-0.2, -0.15) is 0 Å². The molecule has 0 unspecified atom stereocenters. The first kappa shape index (κ1) is 14.4. The van der Waals surface area contributed by atoms with Gasteiger partial charge in [0.05, 0.1) is 11.3 Å². The summed E-state index contributed by atoms with van der Waals surface area (Å²) in [5.41, 5.74) is 2.27. The van der Waals surface area contributed by atoms with E-state index >= 15 is 0 Å². The molecule has 1 aliphatic heterocycles. The van der Waals surface area contributed by atoms with E-state index < -0.39 is 0 Å². The normalized spacial score (nSPS) is 12.9. The number of nitrogens with one attached hydrogen (secondary N) is 2. The number of rotatable bonds is 2. The number of anilines is 2. The number of carbonyl (C=O) groups is 2. The van der Waals surface area contributed by atoms with Crippen LogP contribution in [0.25, 0.3) is 0 Å². The average Bonchev–Trinajstić information content (AvgIpc) is 2.51. The molecule has 2 amide bonds. The number of para-hydroxylation sites is 1. The lowest BCUT2D eigenvalue weighted by Crippen LogP contribution is -2.27. The summed E-state index contributed by atoms with van der Waals surface area (Å²) in [6.45, 7) is 1.72. The van der Waals surface area contributed by atoms with Crippen molar-refractivity contribution in [3.05, 3.63) is 52.5 Å². The number of halogens is 1. The summed E-state index contributed by atoms with van der Waals surface area (Å²) >= 11 is 6.05. The molecule has 1 heterocycles. The molecule has 2 N–H and O–H groups in total. The van der Waals surface area contributed by atoms with E-state index in [9.17, 15) is 9.59 Å². The van der Waals surface area contributed by atoms with Crippen LogP contribution in [0.1, 0.15) is 15.9 Å². The largest absolute Gasteiger partial charge is 0.481 e. The van der Waals surface area contributed by atoms with Gasteiger partial charge >= 0.3 is 0 Å². The second kappa shape index (κ2) is 5.69. The molecule has 5 nitrogen and oxygen atoms in total. The lowest BCUT2D eigenvalue weighted by molar-refractivity contribution is -0.118. The van der Waals surface area contributed by atoms with Gasteiger partial charge in [0.25, 0.3) is 11.8 Å². The number of benzene rings is 2. The second-order valence-electron chi connectivity index (χ2n) is 4.89. The fraction of sp³-hybridized carbons (Fsp3) is 0.125. The molecular formula is C16H13ClN2O3. The van der Waals surface area contributed by atoms with Crippen molar-refractivity contribution >= 4 is 34.8 Å². The van der Waals surface area contributed by atoms with Crippen molar-refractivity contribution in [3.8, 4) is 5.75 Å². The first-order chi connectivity index (χ1) is 10.6. The highest BCUT2D eigenvalue weighted by molar-refractivity contribution is 6.31. The summed E-state index contributed by atoms with van der Waals surface area (Å²) in [4.78, 5) is 23.8. The predicted molar refractivity (Wildman–Crippen MR) is 84.7 cm³/mol. The zero-order chi connectivity index (χ0) is 15.7. The Kier molecular flexibility index (Phi) is 3.73. The van der Waals surface area contributed by atoms with Gasteiger partial charge in [-0.1, -0.05) is 23.7 Å². The molecule has 2 aromatic carbocycles. The number of amides is 2. The summed E-state index contributed by atoms with van der Waals surface area (Å²) < 4.78 is 5.38. The van der Waals surface area contributed by atoms with Crippen LogP contribution >= 0.6 is 11.6 Å². The van der Waals surface area contributed by atoms with E-state index in [1.54, 1.807) is 36.4 Å².